The standard InChI is InChI=1S/C8H17S.3CH3O.Ti/c1-2-3-4-5-6-7-8-9;3*1-2;/h8-9H,2-7H2,1H3;3*1H3;/q;3*-1;+3. The Labute approximate surface area is 110 Å². The van der Waals surface area contributed by atoms with Gasteiger partial charge >= 0.3 is 111 Å². The summed E-state index contributed by atoms with van der Waals surface area (Å²) in [5.41, 5.74) is 0. The summed E-state index contributed by atoms with van der Waals surface area (Å²) in [6, 6.07) is 0. The van der Waals surface area contributed by atoms with E-state index in [0.29, 0.717) is 0 Å². The Kier molecular flexibility index (Phi) is 10.5. The van der Waals surface area contributed by atoms with Gasteiger partial charge in [0.2, 0.25) is 0 Å². The summed E-state index contributed by atoms with van der Waals surface area (Å²) in [7, 11) is 4.98. The van der Waals surface area contributed by atoms with E-state index in [1.165, 1.54) is 32.1 Å². The Morgan fingerprint density at radius 1 is 0.938 bits per heavy atom. The quantitative estimate of drug-likeness (QED) is 0.379. The van der Waals surface area contributed by atoms with E-state index in [-0.39, 0.29) is 3.55 Å². The molecule has 0 N–H and O–H groups in total. The second-order valence-corrected chi connectivity index (χ2v) is 10.2. The van der Waals surface area contributed by atoms with Crippen molar-refractivity contribution in [2.75, 3.05) is 21.3 Å². The van der Waals surface area contributed by atoms with Crippen molar-refractivity contribution >= 4 is 12.6 Å². The van der Waals surface area contributed by atoms with Crippen LogP contribution in [0.15, 0.2) is 0 Å². The first-order chi connectivity index (χ1) is 7.66. The molecule has 0 aliphatic carbocycles. The molecule has 0 aromatic carbocycles. The third-order valence-corrected chi connectivity index (χ3v) is 8.80. The molecule has 98 valence electrons. The van der Waals surface area contributed by atoms with Gasteiger partial charge in [-0.15, -0.1) is 0 Å². The predicted molar refractivity (Wildman–Crippen MR) is 67.2 cm³/mol. The Bertz CT molecular complexity index is 157. The van der Waals surface area contributed by atoms with E-state index in [0.717, 1.165) is 6.42 Å². The summed E-state index contributed by atoms with van der Waals surface area (Å²) < 4.78 is 16.5. The zero-order valence-electron chi connectivity index (χ0n) is 11.0. The third kappa shape index (κ3) is 5.52. The topological polar surface area (TPSA) is 27.7 Å². The van der Waals surface area contributed by atoms with Gasteiger partial charge in [0.1, 0.15) is 0 Å². The van der Waals surface area contributed by atoms with E-state index in [1.807, 2.05) is 0 Å². The third-order valence-electron chi connectivity index (χ3n) is 2.84. The van der Waals surface area contributed by atoms with Crippen LogP contribution >= 0.6 is 12.6 Å². The molecule has 5 heteroatoms. The molecule has 0 heterocycles. The first kappa shape index (κ1) is 16.9. The average Bonchev–Trinajstić information content (AvgIpc) is 2.32. The van der Waals surface area contributed by atoms with E-state index in [9.17, 15) is 0 Å². The molecule has 1 unspecified atom stereocenters. The number of rotatable bonds is 10. The molecule has 0 saturated carbocycles. The van der Waals surface area contributed by atoms with Crippen LogP contribution in [0, 0.1) is 0 Å². The van der Waals surface area contributed by atoms with Gasteiger partial charge in [-0.2, -0.15) is 0 Å². The van der Waals surface area contributed by atoms with Gasteiger partial charge in [0.15, 0.2) is 0 Å². The van der Waals surface area contributed by atoms with Gasteiger partial charge in [0.25, 0.3) is 0 Å². The van der Waals surface area contributed by atoms with Gasteiger partial charge in [-0.1, -0.05) is 0 Å². The van der Waals surface area contributed by atoms with Crippen molar-refractivity contribution in [2.24, 2.45) is 0 Å². The summed E-state index contributed by atoms with van der Waals surface area (Å²) in [5.74, 6) is 0. The number of thiol groups is 1. The van der Waals surface area contributed by atoms with Crippen LogP contribution in [0.25, 0.3) is 0 Å². The van der Waals surface area contributed by atoms with E-state index in [2.05, 4.69) is 19.6 Å². The molecule has 0 aliphatic heterocycles. The van der Waals surface area contributed by atoms with Crippen LogP contribution in [-0.4, -0.2) is 24.9 Å². The first-order valence-corrected chi connectivity index (χ1v) is 9.33. The van der Waals surface area contributed by atoms with Crippen molar-refractivity contribution in [1.29, 1.82) is 0 Å². The zero-order valence-corrected chi connectivity index (χ0v) is 13.4. The summed E-state index contributed by atoms with van der Waals surface area (Å²) in [6.45, 7) is 2.22. The van der Waals surface area contributed by atoms with Crippen LogP contribution in [0.3, 0.4) is 0 Å². The normalized spacial score (nSPS) is 14.1. The summed E-state index contributed by atoms with van der Waals surface area (Å²) in [4.78, 5) is 0. The number of hydrogen-bond acceptors (Lipinski definition) is 4. The maximum atomic E-state index is 5.44. The summed E-state index contributed by atoms with van der Waals surface area (Å²) in [6.07, 6.45) is 7.37. The molecular formula is C11H26O3STi. The molecule has 0 spiro atoms. The maximum absolute atomic E-state index is 5.44. The molecule has 3 nitrogen and oxygen atoms in total. The Morgan fingerprint density at radius 3 is 1.88 bits per heavy atom. The Hall–Kier alpha value is 0.944. The second-order valence-electron chi connectivity index (χ2n) is 3.93. The fourth-order valence-corrected chi connectivity index (χ4v) is 6.19. The molecule has 0 aromatic rings. The first-order valence-electron chi connectivity index (χ1n) is 6.00. The molecule has 0 aliphatic rings. The minimum atomic E-state index is -3.06. The fourth-order valence-electron chi connectivity index (χ4n) is 1.78. The molecule has 1 atom stereocenters. The van der Waals surface area contributed by atoms with Crippen LogP contribution < -0.4 is 0 Å². The molecule has 0 bridgehead atoms. The van der Waals surface area contributed by atoms with Crippen molar-refractivity contribution in [3.8, 4) is 0 Å². The molecule has 0 fully saturated rings. The predicted octanol–water partition coefficient (Wildman–Crippen LogP) is 3.44. The number of unbranched alkanes of at least 4 members (excludes halogenated alkanes) is 4. The number of hydrogen-bond donors (Lipinski definition) is 1. The summed E-state index contributed by atoms with van der Waals surface area (Å²) >= 11 is 1.53. The summed E-state index contributed by atoms with van der Waals surface area (Å²) in [5, 5.41) is 0. The molecule has 0 amide bonds. The van der Waals surface area contributed by atoms with Crippen molar-refractivity contribution in [2.45, 2.75) is 49.0 Å². The van der Waals surface area contributed by atoms with Crippen molar-refractivity contribution in [3.05, 3.63) is 0 Å². The van der Waals surface area contributed by atoms with Crippen LogP contribution in [0.5, 0.6) is 0 Å². The van der Waals surface area contributed by atoms with Gasteiger partial charge in [0.05, 0.1) is 0 Å². The SMILES string of the molecule is CCCCCCC[CH](S)[Ti]([O]C)([O]C)[O]C. The van der Waals surface area contributed by atoms with Gasteiger partial charge in [-0.25, -0.2) is 0 Å². The average molecular weight is 286 g/mol. The van der Waals surface area contributed by atoms with E-state index >= 15 is 0 Å². The van der Waals surface area contributed by atoms with Crippen LogP contribution in [0.2, 0.25) is 0 Å². The molecule has 0 saturated heterocycles. The molecule has 0 rings (SSSR count). The Balaban J connectivity index is 3.88. The van der Waals surface area contributed by atoms with Crippen LogP contribution in [0.1, 0.15) is 45.4 Å². The molecular weight excluding hydrogens is 260 g/mol. The molecule has 16 heavy (non-hydrogen) atoms. The zero-order chi connectivity index (χ0) is 12.4. The van der Waals surface area contributed by atoms with Crippen LogP contribution in [0.4, 0.5) is 0 Å². The fraction of sp³-hybridized carbons (Fsp3) is 1.00. The Morgan fingerprint density at radius 2 is 1.44 bits per heavy atom. The van der Waals surface area contributed by atoms with Gasteiger partial charge in [-0.05, 0) is 0 Å². The second kappa shape index (κ2) is 9.92. The van der Waals surface area contributed by atoms with Gasteiger partial charge < -0.3 is 0 Å². The van der Waals surface area contributed by atoms with E-state index in [4.69, 9.17) is 9.96 Å². The van der Waals surface area contributed by atoms with Crippen LogP contribution in [-0.2, 0) is 27.7 Å². The van der Waals surface area contributed by atoms with Gasteiger partial charge in [-0.3, -0.25) is 0 Å². The van der Waals surface area contributed by atoms with Crippen molar-refractivity contribution in [1.82, 2.24) is 0 Å². The minimum absolute atomic E-state index is 0.127. The monoisotopic (exact) mass is 286 g/mol. The molecule has 0 aromatic heterocycles. The van der Waals surface area contributed by atoms with E-state index < -0.39 is 17.8 Å². The van der Waals surface area contributed by atoms with E-state index in [1.54, 1.807) is 21.3 Å². The van der Waals surface area contributed by atoms with Crippen molar-refractivity contribution < 1.29 is 27.7 Å². The molecule has 0 radical (unpaired) electrons. The van der Waals surface area contributed by atoms with Crippen molar-refractivity contribution in [3.63, 3.8) is 0 Å². The van der Waals surface area contributed by atoms with Gasteiger partial charge in [0, 0.05) is 0 Å².